The van der Waals surface area contributed by atoms with Crippen LogP contribution in [-0.4, -0.2) is 35.8 Å². The van der Waals surface area contributed by atoms with E-state index in [0.29, 0.717) is 0 Å². The molecule has 2 rings (SSSR count). The molecule has 0 fully saturated rings. The zero-order chi connectivity index (χ0) is 20.0. The molecule has 0 aliphatic heterocycles. The number of carbonyl (C=O) groups excluding carboxylic acids is 3. The van der Waals surface area contributed by atoms with Gasteiger partial charge < -0.3 is 14.6 Å². The summed E-state index contributed by atoms with van der Waals surface area (Å²) in [4.78, 5) is 36.3. The number of ether oxygens (including phenoxy) is 2. The molecule has 0 N–H and O–H groups in total. The van der Waals surface area contributed by atoms with E-state index in [2.05, 4.69) is 0 Å². The van der Waals surface area contributed by atoms with E-state index >= 15 is 0 Å². The molecule has 0 saturated heterocycles. The van der Waals surface area contributed by atoms with E-state index in [-0.39, 0.29) is 53.9 Å². The zero-order valence-corrected chi connectivity index (χ0v) is 18.7. The monoisotopic (exact) mass is 394 g/mol. The van der Waals surface area contributed by atoms with Crippen molar-refractivity contribution in [2.24, 2.45) is 0 Å². The van der Waals surface area contributed by atoms with E-state index in [1.54, 1.807) is 20.8 Å². The van der Waals surface area contributed by atoms with Crippen molar-refractivity contribution in [3.8, 4) is 0 Å². The standard InChI is InChI=1S/C21H23O6.Na/c1-21(2,3)27-19(25)11-18(24)20-15(16(22)9-10-17(20)23)13-26-12-14-7-5-4-6-8-14;/h4-10,18H,11-13H2,1-3H3;/q-1;+1. The summed E-state index contributed by atoms with van der Waals surface area (Å²) in [7, 11) is 0. The quantitative estimate of drug-likeness (QED) is 0.323. The van der Waals surface area contributed by atoms with Crippen LogP contribution in [-0.2, 0) is 30.5 Å². The van der Waals surface area contributed by atoms with E-state index in [9.17, 15) is 19.5 Å². The minimum Gasteiger partial charge on any atom is -0.848 e. The summed E-state index contributed by atoms with van der Waals surface area (Å²) >= 11 is 0. The molecule has 1 atom stereocenters. The molecule has 1 aliphatic rings. The van der Waals surface area contributed by atoms with Crippen molar-refractivity contribution < 1.29 is 58.5 Å². The zero-order valence-electron chi connectivity index (χ0n) is 16.7. The summed E-state index contributed by atoms with van der Waals surface area (Å²) in [6, 6.07) is 9.31. The van der Waals surface area contributed by atoms with Crippen LogP contribution >= 0.6 is 0 Å². The maximum atomic E-state index is 12.6. The Morgan fingerprint density at radius 1 is 1.04 bits per heavy atom. The van der Waals surface area contributed by atoms with Gasteiger partial charge in [-0.3, -0.25) is 14.4 Å². The average Bonchev–Trinajstić information content (AvgIpc) is 2.57. The predicted octanol–water partition coefficient (Wildman–Crippen LogP) is -1.33. The van der Waals surface area contributed by atoms with Crippen LogP contribution in [0.2, 0.25) is 0 Å². The third-order valence-electron chi connectivity index (χ3n) is 3.73. The van der Waals surface area contributed by atoms with Crippen molar-refractivity contribution in [3.05, 3.63) is 59.2 Å². The normalized spacial score (nSPS) is 15.3. The Morgan fingerprint density at radius 2 is 1.64 bits per heavy atom. The van der Waals surface area contributed by atoms with Gasteiger partial charge in [0.05, 0.1) is 13.2 Å². The first-order valence-electron chi connectivity index (χ1n) is 8.66. The van der Waals surface area contributed by atoms with Gasteiger partial charge in [0.2, 0.25) is 0 Å². The van der Waals surface area contributed by atoms with Crippen molar-refractivity contribution in [1.82, 2.24) is 0 Å². The van der Waals surface area contributed by atoms with Gasteiger partial charge in [0.25, 0.3) is 0 Å². The predicted molar refractivity (Wildman–Crippen MR) is 96.5 cm³/mol. The Labute approximate surface area is 186 Å². The van der Waals surface area contributed by atoms with Crippen LogP contribution < -0.4 is 34.7 Å². The molecular weight excluding hydrogens is 371 g/mol. The number of hydrogen-bond acceptors (Lipinski definition) is 6. The summed E-state index contributed by atoms with van der Waals surface area (Å²) in [5.74, 6) is -1.74. The molecule has 7 heteroatoms. The maximum Gasteiger partial charge on any atom is 1.00 e. The van der Waals surface area contributed by atoms with E-state index in [1.807, 2.05) is 30.3 Å². The fraction of sp³-hybridized carbons (Fsp3) is 0.381. The first kappa shape index (κ1) is 24.5. The van der Waals surface area contributed by atoms with Gasteiger partial charge in [-0.05, 0) is 44.1 Å². The molecule has 0 radical (unpaired) electrons. The third kappa shape index (κ3) is 7.45. The molecular formula is C21H23NaO6. The molecule has 0 bridgehead atoms. The van der Waals surface area contributed by atoms with Crippen LogP contribution in [0.3, 0.4) is 0 Å². The molecule has 1 aliphatic carbocycles. The number of carbonyl (C=O) groups is 3. The average molecular weight is 394 g/mol. The molecule has 0 amide bonds. The van der Waals surface area contributed by atoms with Gasteiger partial charge in [-0.25, -0.2) is 0 Å². The number of ketones is 2. The van der Waals surface area contributed by atoms with Gasteiger partial charge in [0, 0.05) is 12.0 Å². The third-order valence-corrected chi connectivity index (χ3v) is 3.73. The van der Waals surface area contributed by atoms with Crippen LogP contribution in [0.1, 0.15) is 32.8 Å². The fourth-order valence-corrected chi connectivity index (χ4v) is 2.61. The summed E-state index contributed by atoms with van der Waals surface area (Å²) in [6.07, 6.45) is -0.0377. The van der Waals surface area contributed by atoms with Crippen molar-refractivity contribution >= 4 is 17.5 Å². The second-order valence-electron chi connectivity index (χ2n) is 7.21. The molecule has 6 nitrogen and oxygen atoms in total. The Bertz CT molecular complexity index is 774. The summed E-state index contributed by atoms with van der Waals surface area (Å²) in [6.45, 7) is 5.12. The summed E-state index contributed by atoms with van der Waals surface area (Å²) < 4.78 is 10.7. The second-order valence-corrected chi connectivity index (χ2v) is 7.21. The van der Waals surface area contributed by atoms with Gasteiger partial charge >= 0.3 is 35.5 Å². The Balaban J connectivity index is 0.00000392. The fourth-order valence-electron chi connectivity index (χ4n) is 2.61. The van der Waals surface area contributed by atoms with Crippen molar-refractivity contribution in [1.29, 1.82) is 0 Å². The first-order chi connectivity index (χ1) is 12.7. The molecule has 0 heterocycles. The molecule has 0 spiro atoms. The van der Waals surface area contributed by atoms with Crippen LogP contribution in [0.5, 0.6) is 0 Å². The number of benzene rings is 1. The first-order valence-corrected chi connectivity index (χ1v) is 8.66. The van der Waals surface area contributed by atoms with E-state index in [1.165, 1.54) is 0 Å². The molecule has 0 aromatic heterocycles. The number of hydrogen-bond donors (Lipinski definition) is 0. The topological polar surface area (TPSA) is 92.7 Å². The minimum absolute atomic E-state index is 0. The van der Waals surface area contributed by atoms with Crippen LogP contribution in [0, 0.1) is 0 Å². The van der Waals surface area contributed by atoms with Gasteiger partial charge in [0.15, 0.2) is 11.6 Å². The van der Waals surface area contributed by atoms with E-state index < -0.39 is 35.7 Å². The molecule has 0 saturated carbocycles. The van der Waals surface area contributed by atoms with Crippen molar-refractivity contribution in [2.75, 3.05) is 6.61 Å². The molecule has 144 valence electrons. The molecule has 1 unspecified atom stereocenters. The maximum absolute atomic E-state index is 12.6. The molecule has 28 heavy (non-hydrogen) atoms. The van der Waals surface area contributed by atoms with Gasteiger partial charge in [-0.1, -0.05) is 36.4 Å². The van der Waals surface area contributed by atoms with Crippen LogP contribution in [0.15, 0.2) is 53.6 Å². The molecule has 1 aromatic rings. The van der Waals surface area contributed by atoms with Gasteiger partial charge in [-0.2, -0.15) is 0 Å². The SMILES string of the molecule is CC(C)(C)OC(=O)CC([O-])C1=C(COCc2ccccc2)C(=O)C=CC1=O.[Na+]. The van der Waals surface area contributed by atoms with E-state index in [4.69, 9.17) is 9.47 Å². The number of rotatable bonds is 7. The molecule has 1 aromatic carbocycles. The second kappa shape index (κ2) is 10.8. The Kier molecular flexibility index (Phi) is 9.47. The van der Waals surface area contributed by atoms with Gasteiger partial charge in [-0.15, -0.1) is 0 Å². The summed E-state index contributed by atoms with van der Waals surface area (Å²) in [5.41, 5.74) is -0.0559. The Morgan fingerprint density at radius 3 is 2.25 bits per heavy atom. The van der Waals surface area contributed by atoms with Crippen LogP contribution in [0.25, 0.3) is 0 Å². The van der Waals surface area contributed by atoms with Crippen molar-refractivity contribution in [3.63, 3.8) is 0 Å². The largest absolute Gasteiger partial charge is 1.00 e. The Hall–Kier alpha value is -1.57. The van der Waals surface area contributed by atoms with Gasteiger partial charge in [0.1, 0.15) is 5.60 Å². The summed E-state index contributed by atoms with van der Waals surface area (Å²) in [5, 5.41) is 12.6. The van der Waals surface area contributed by atoms with E-state index in [0.717, 1.165) is 17.7 Å². The number of esters is 1. The number of allylic oxidation sites excluding steroid dienone is 2. The minimum atomic E-state index is -1.68. The van der Waals surface area contributed by atoms with Crippen molar-refractivity contribution in [2.45, 2.75) is 45.5 Å². The smallest absolute Gasteiger partial charge is 0.848 e. The van der Waals surface area contributed by atoms with Crippen LogP contribution in [0.4, 0.5) is 0 Å².